The highest BCUT2D eigenvalue weighted by atomic mass is 17.2. The van der Waals surface area contributed by atoms with Crippen molar-refractivity contribution in [2.45, 2.75) is 59.0 Å². The highest BCUT2D eigenvalue weighted by Gasteiger charge is 2.19. The first kappa shape index (κ1) is 18.5. The summed E-state index contributed by atoms with van der Waals surface area (Å²) in [5.74, 6) is 0. The summed E-state index contributed by atoms with van der Waals surface area (Å²) >= 11 is 0. The number of para-hydroxylation sites is 1. The van der Waals surface area contributed by atoms with Gasteiger partial charge >= 0.3 is 6.09 Å². The predicted molar refractivity (Wildman–Crippen MR) is 93.8 cm³/mol. The molecule has 0 saturated carbocycles. The van der Waals surface area contributed by atoms with E-state index >= 15 is 0 Å². The third kappa shape index (κ3) is 4.36. The van der Waals surface area contributed by atoms with Crippen LogP contribution < -0.4 is 0 Å². The predicted octanol–water partition coefficient (Wildman–Crippen LogP) is 4.72. The van der Waals surface area contributed by atoms with Gasteiger partial charge in [-0.15, -0.1) is 0 Å². The standard InChI is InChI=1S/C19H27NO4/c1-3-4-5-6-7-10-13-23-24-19(22)20-15(2)17(14-21)16-11-8-9-12-18(16)20/h8-9,11-12,21H,3-7,10,13-14H2,1-2H3. The number of aromatic nitrogens is 1. The number of aliphatic hydroxyl groups excluding tert-OH is 1. The molecule has 0 saturated heterocycles. The summed E-state index contributed by atoms with van der Waals surface area (Å²) in [5.41, 5.74) is 2.12. The number of hydrogen-bond acceptors (Lipinski definition) is 4. The highest BCUT2D eigenvalue weighted by Crippen LogP contribution is 2.26. The number of carbonyl (C=O) groups is 1. The van der Waals surface area contributed by atoms with Gasteiger partial charge in [0, 0.05) is 16.6 Å². The van der Waals surface area contributed by atoms with Gasteiger partial charge in [0.05, 0.1) is 18.7 Å². The molecular formula is C19H27NO4. The van der Waals surface area contributed by atoms with E-state index in [-0.39, 0.29) is 6.61 Å². The molecule has 1 aromatic carbocycles. The lowest BCUT2D eigenvalue weighted by Crippen LogP contribution is -2.16. The molecular weight excluding hydrogens is 306 g/mol. The molecule has 0 unspecified atom stereocenters. The van der Waals surface area contributed by atoms with Crippen LogP contribution in [0.15, 0.2) is 24.3 Å². The molecule has 0 fully saturated rings. The van der Waals surface area contributed by atoms with E-state index in [1.807, 2.05) is 24.3 Å². The van der Waals surface area contributed by atoms with Gasteiger partial charge in [0.25, 0.3) is 0 Å². The molecule has 1 N–H and O–H groups in total. The Hall–Kier alpha value is -1.85. The highest BCUT2D eigenvalue weighted by molar-refractivity contribution is 5.93. The summed E-state index contributed by atoms with van der Waals surface area (Å²) in [6, 6.07) is 7.45. The van der Waals surface area contributed by atoms with E-state index in [0.29, 0.717) is 17.8 Å². The minimum absolute atomic E-state index is 0.120. The molecule has 2 aromatic rings. The lowest BCUT2D eigenvalue weighted by Gasteiger charge is -2.07. The maximum Gasteiger partial charge on any atom is 0.450 e. The zero-order valence-corrected chi connectivity index (χ0v) is 14.6. The molecule has 0 atom stereocenters. The van der Waals surface area contributed by atoms with E-state index in [1.54, 1.807) is 6.92 Å². The van der Waals surface area contributed by atoms with Gasteiger partial charge in [-0.3, -0.25) is 4.89 Å². The normalized spacial score (nSPS) is 11.1. The fourth-order valence-electron chi connectivity index (χ4n) is 2.94. The summed E-state index contributed by atoms with van der Waals surface area (Å²) in [6.45, 7) is 4.27. The largest absolute Gasteiger partial charge is 0.450 e. The topological polar surface area (TPSA) is 60.7 Å². The molecule has 0 amide bonds. The van der Waals surface area contributed by atoms with Crippen molar-refractivity contribution in [1.29, 1.82) is 0 Å². The second kappa shape index (κ2) is 9.45. The average molecular weight is 333 g/mol. The molecule has 0 radical (unpaired) electrons. The number of unbranched alkanes of at least 4 members (excludes halogenated alkanes) is 5. The number of benzene rings is 1. The van der Waals surface area contributed by atoms with Gasteiger partial charge in [-0.25, -0.2) is 9.36 Å². The summed E-state index contributed by atoms with van der Waals surface area (Å²) in [7, 11) is 0. The fourth-order valence-corrected chi connectivity index (χ4v) is 2.94. The third-order valence-electron chi connectivity index (χ3n) is 4.29. The minimum Gasteiger partial charge on any atom is -0.392 e. The van der Waals surface area contributed by atoms with Crippen molar-refractivity contribution in [3.63, 3.8) is 0 Å². The Balaban J connectivity index is 1.89. The van der Waals surface area contributed by atoms with Crippen LogP contribution in [-0.2, 0) is 16.4 Å². The molecule has 5 heteroatoms. The van der Waals surface area contributed by atoms with Crippen molar-refractivity contribution in [2.75, 3.05) is 6.61 Å². The first-order valence-electron chi connectivity index (χ1n) is 8.74. The molecule has 0 aliphatic rings. The van der Waals surface area contributed by atoms with E-state index < -0.39 is 6.09 Å². The number of rotatable bonds is 9. The molecule has 24 heavy (non-hydrogen) atoms. The summed E-state index contributed by atoms with van der Waals surface area (Å²) in [4.78, 5) is 22.3. The second-order valence-electron chi connectivity index (χ2n) is 6.01. The van der Waals surface area contributed by atoms with Crippen LogP contribution in [0.1, 0.15) is 56.7 Å². The van der Waals surface area contributed by atoms with Crippen molar-refractivity contribution in [2.24, 2.45) is 0 Å². The lowest BCUT2D eigenvalue weighted by molar-refractivity contribution is -0.238. The van der Waals surface area contributed by atoms with E-state index in [2.05, 4.69) is 6.92 Å². The third-order valence-corrected chi connectivity index (χ3v) is 4.29. The van der Waals surface area contributed by atoms with Crippen LogP contribution in [0, 0.1) is 6.92 Å². The summed E-state index contributed by atoms with van der Waals surface area (Å²) in [6.07, 6.45) is 6.31. The quantitative estimate of drug-likeness (QED) is 0.410. The van der Waals surface area contributed by atoms with Gasteiger partial charge < -0.3 is 5.11 Å². The fraction of sp³-hybridized carbons (Fsp3) is 0.526. The molecule has 0 aliphatic heterocycles. The second-order valence-corrected chi connectivity index (χ2v) is 6.01. The van der Waals surface area contributed by atoms with Crippen molar-refractivity contribution in [1.82, 2.24) is 4.57 Å². The van der Waals surface area contributed by atoms with Gasteiger partial charge in [-0.2, -0.15) is 4.89 Å². The van der Waals surface area contributed by atoms with Crippen LogP contribution in [0.5, 0.6) is 0 Å². The van der Waals surface area contributed by atoms with Gasteiger partial charge in [0.15, 0.2) is 0 Å². The molecule has 0 spiro atoms. The maximum atomic E-state index is 12.3. The first-order valence-corrected chi connectivity index (χ1v) is 8.74. The van der Waals surface area contributed by atoms with Crippen molar-refractivity contribution >= 4 is 17.0 Å². The van der Waals surface area contributed by atoms with Gasteiger partial charge in [0.2, 0.25) is 0 Å². The van der Waals surface area contributed by atoms with Crippen molar-refractivity contribution in [3.8, 4) is 0 Å². The van der Waals surface area contributed by atoms with E-state index in [9.17, 15) is 9.90 Å². The van der Waals surface area contributed by atoms with Gasteiger partial charge in [-0.05, 0) is 19.4 Å². The zero-order chi connectivity index (χ0) is 17.4. The molecule has 2 rings (SSSR count). The number of carbonyl (C=O) groups excluding carboxylic acids is 1. The first-order chi connectivity index (χ1) is 11.7. The molecule has 0 bridgehead atoms. The average Bonchev–Trinajstić information content (AvgIpc) is 2.88. The summed E-state index contributed by atoms with van der Waals surface area (Å²) < 4.78 is 1.45. The maximum absolute atomic E-state index is 12.3. The van der Waals surface area contributed by atoms with E-state index in [4.69, 9.17) is 9.78 Å². The number of nitrogens with zero attached hydrogens (tertiary/aromatic N) is 1. The Kier molecular flexibility index (Phi) is 7.28. The van der Waals surface area contributed by atoms with Crippen LogP contribution in [-0.4, -0.2) is 22.4 Å². The van der Waals surface area contributed by atoms with Crippen molar-refractivity contribution < 1.29 is 19.7 Å². The Morgan fingerprint density at radius 3 is 2.58 bits per heavy atom. The Morgan fingerprint density at radius 2 is 1.83 bits per heavy atom. The number of fused-ring (bicyclic) bond motifs is 1. The summed E-state index contributed by atoms with van der Waals surface area (Å²) in [5, 5.41) is 10.4. The molecule has 1 aromatic heterocycles. The van der Waals surface area contributed by atoms with E-state index in [1.165, 1.54) is 30.3 Å². The molecule has 132 valence electrons. The smallest absolute Gasteiger partial charge is 0.392 e. The van der Waals surface area contributed by atoms with Crippen LogP contribution in [0.4, 0.5) is 4.79 Å². The van der Waals surface area contributed by atoms with Gasteiger partial charge in [-0.1, -0.05) is 57.2 Å². The van der Waals surface area contributed by atoms with Crippen LogP contribution in [0.25, 0.3) is 10.9 Å². The molecule has 0 aliphatic carbocycles. The molecule has 5 nitrogen and oxygen atoms in total. The lowest BCUT2D eigenvalue weighted by atomic mass is 10.1. The Morgan fingerprint density at radius 1 is 1.12 bits per heavy atom. The van der Waals surface area contributed by atoms with E-state index in [0.717, 1.165) is 23.8 Å². The van der Waals surface area contributed by atoms with Crippen LogP contribution in [0.3, 0.4) is 0 Å². The monoisotopic (exact) mass is 333 g/mol. The zero-order valence-electron chi connectivity index (χ0n) is 14.6. The molecule has 1 heterocycles. The van der Waals surface area contributed by atoms with Crippen LogP contribution >= 0.6 is 0 Å². The van der Waals surface area contributed by atoms with Crippen LogP contribution in [0.2, 0.25) is 0 Å². The Bertz CT molecular complexity index is 663. The minimum atomic E-state index is -0.575. The van der Waals surface area contributed by atoms with Crippen molar-refractivity contribution in [3.05, 3.63) is 35.5 Å². The number of hydrogen-bond donors (Lipinski definition) is 1. The number of aliphatic hydroxyl groups is 1. The van der Waals surface area contributed by atoms with Gasteiger partial charge in [0.1, 0.15) is 0 Å². The Labute approximate surface area is 143 Å². The SMILES string of the molecule is CCCCCCCCOOC(=O)n1c(C)c(CO)c2ccccc21.